The first kappa shape index (κ1) is 14.5. The molecule has 1 amide bonds. The van der Waals surface area contributed by atoms with Crippen molar-refractivity contribution in [3.8, 4) is 5.75 Å². The van der Waals surface area contributed by atoms with E-state index < -0.39 is 0 Å². The molecule has 1 rings (SSSR count). The Labute approximate surface area is 109 Å². The molecule has 0 radical (unpaired) electrons. The van der Waals surface area contributed by atoms with Gasteiger partial charge in [-0.15, -0.1) is 0 Å². The van der Waals surface area contributed by atoms with E-state index in [1.807, 2.05) is 33.2 Å². The van der Waals surface area contributed by atoms with Crippen molar-refractivity contribution >= 4 is 5.91 Å². The molecule has 0 heterocycles. The highest BCUT2D eigenvalue weighted by molar-refractivity contribution is 5.75. The molecule has 0 spiro atoms. The highest BCUT2D eigenvalue weighted by Gasteiger charge is 2.02. The molecule has 0 saturated heterocycles. The van der Waals surface area contributed by atoms with E-state index in [4.69, 9.17) is 4.74 Å². The zero-order valence-corrected chi connectivity index (χ0v) is 11.4. The molecule has 0 aliphatic carbocycles. The molecule has 18 heavy (non-hydrogen) atoms. The van der Waals surface area contributed by atoms with Gasteiger partial charge in [-0.3, -0.25) is 10.2 Å². The number of hydrogen-bond acceptors (Lipinski definition) is 3. The molecule has 100 valence electrons. The summed E-state index contributed by atoms with van der Waals surface area (Å²) in [6, 6.07) is 8.04. The van der Waals surface area contributed by atoms with Gasteiger partial charge in [-0.25, -0.2) is 5.01 Å². The summed E-state index contributed by atoms with van der Waals surface area (Å²) < 4.78 is 5.38. The van der Waals surface area contributed by atoms with Crippen molar-refractivity contribution in [2.75, 3.05) is 20.7 Å². The van der Waals surface area contributed by atoms with Crippen molar-refractivity contribution in [3.05, 3.63) is 29.8 Å². The minimum absolute atomic E-state index is 0.0611. The first-order chi connectivity index (χ1) is 8.61. The Morgan fingerprint density at radius 1 is 1.28 bits per heavy atom. The Balaban J connectivity index is 2.28. The summed E-state index contributed by atoms with van der Waals surface area (Å²) in [5.74, 6) is 0.956. The van der Waals surface area contributed by atoms with Crippen molar-refractivity contribution in [1.82, 2.24) is 10.4 Å². The normalized spacial score (nSPS) is 10.4. The standard InChI is InChI=1S/C14H22N2O2/c1-4-18-13-10-8-12(9-11-13)6-5-7-14(17)15-16(2)3/h8-11H,4-7H2,1-3H3,(H,15,17). The van der Waals surface area contributed by atoms with Crippen molar-refractivity contribution in [1.29, 1.82) is 0 Å². The molecule has 0 aliphatic rings. The second kappa shape index (κ2) is 7.71. The second-order valence-electron chi connectivity index (χ2n) is 4.36. The molecule has 0 unspecified atom stereocenters. The topological polar surface area (TPSA) is 41.6 Å². The molecule has 0 aliphatic heterocycles. The molecule has 1 aromatic carbocycles. The second-order valence-corrected chi connectivity index (χ2v) is 4.36. The van der Waals surface area contributed by atoms with Crippen LogP contribution in [0.25, 0.3) is 0 Å². The summed E-state index contributed by atoms with van der Waals surface area (Å²) in [7, 11) is 3.62. The number of rotatable bonds is 7. The maximum atomic E-state index is 11.4. The van der Waals surface area contributed by atoms with Crippen LogP contribution in [0, 0.1) is 0 Å². The first-order valence-corrected chi connectivity index (χ1v) is 6.30. The minimum atomic E-state index is 0.0611. The number of ether oxygens (including phenoxy) is 1. The van der Waals surface area contributed by atoms with E-state index in [0.717, 1.165) is 18.6 Å². The third-order valence-electron chi connectivity index (χ3n) is 2.45. The van der Waals surface area contributed by atoms with Crippen molar-refractivity contribution < 1.29 is 9.53 Å². The van der Waals surface area contributed by atoms with Gasteiger partial charge in [-0.1, -0.05) is 12.1 Å². The number of nitrogens with one attached hydrogen (secondary N) is 1. The van der Waals surface area contributed by atoms with Gasteiger partial charge in [0, 0.05) is 20.5 Å². The van der Waals surface area contributed by atoms with Gasteiger partial charge in [0.15, 0.2) is 0 Å². The van der Waals surface area contributed by atoms with Crippen molar-refractivity contribution in [2.24, 2.45) is 0 Å². The van der Waals surface area contributed by atoms with Gasteiger partial charge in [0.05, 0.1) is 6.61 Å². The van der Waals surface area contributed by atoms with Gasteiger partial charge in [-0.05, 0) is 37.5 Å². The van der Waals surface area contributed by atoms with E-state index >= 15 is 0 Å². The average Bonchev–Trinajstić information content (AvgIpc) is 2.31. The van der Waals surface area contributed by atoms with Crippen LogP contribution >= 0.6 is 0 Å². The predicted octanol–water partition coefficient (Wildman–Crippen LogP) is 2.00. The summed E-state index contributed by atoms with van der Waals surface area (Å²) >= 11 is 0. The molecule has 0 bridgehead atoms. The number of amides is 1. The van der Waals surface area contributed by atoms with Crippen LogP contribution in [0.15, 0.2) is 24.3 Å². The fraction of sp³-hybridized carbons (Fsp3) is 0.500. The quantitative estimate of drug-likeness (QED) is 0.753. The van der Waals surface area contributed by atoms with Crippen LogP contribution in [0.1, 0.15) is 25.3 Å². The van der Waals surface area contributed by atoms with Gasteiger partial charge in [-0.2, -0.15) is 0 Å². The van der Waals surface area contributed by atoms with Crippen LogP contribution < -0.4 is 10.2 Å². The maximum absolute atomic E-state index is 11.4. The van der Waals surface area contributed by atoms with Crippen LogP contribution in [0.2, 0.25) is 0 Å². The monoisotopic (exact) mass is 250 g/mol. The van der Waals surface area contributed by atoms with Gasteiger partial charge in [0.1, 0.15) is 5.75 Å². The minimum Gasteiger partial charge on any atom is -0.494 e. The molecule has 1 N–H and O–H groups in total. The molecule has 4 nitrogen and oxygen atoms in total. The smallest absolute Gasteiger partial charge is 0.234 e. The lowest BCUT2D eigenvalue weighted by molar-refractivity contribution is -0.124. The number of hydrazine groups is 1. The summed E-state index contributed by atoms with van der Waals surface area (Å²) in [5.41, 5.74) is 3.96. The predicted molar refractivity (Wildman–Crippen MR) is 72.4 cm³/mol. The Morgan fingerprint density at radius 2 is 1.94 bits per heavy atom. The molecular weight excluding hydrogens is 228 g/mol. The Morgan fingerprint density at radius 3 is 2.50 bits per heavy atom. The molecule has 0 saturated carbocycles. The van der Waals surface area contributed by atoms with Crippen LogP contribution in [0.4, 0.5) is 0 Å². The molecular formula is C14H22N2O2. The van der Waals surface area contributed by atoms with Gasteiger partial charge >= 0.3 is 0 Å². The van der Waals surface area contributed by atoms with Crippen LogP contribution in [-0.4, -0.2) is 31.6 Å². The number of hydrogen-bond donors (Lipinski definition) is 1. The summed E-state index contributed by atoms with van der Waals surface area (Å²) in [6.07, 6.45) is 2.31. The summed E-state index contributed by atoms with van der Waals surface area (Å²) in [4.78, 5) is 11.4. The lowest BCUT2D eigenvalue weighted by Crippen LogP contribution is -2.35. The average molecular weight is 250 g/mol. The van der Waals surface area contributed by atoms with E-state index in [1.54, 1.807) is 5.01 Å². The van der Waals surface area contributed by atoms with E-state index in [2.05, 4.69) is 17.6 Å². The number of carbonyl (C=O) groups excluding carboxylic acids is 1. The molecule has 0 fully saturated rings. The number of aryl methyl sites for hydroxylation is 1. The third kappa shape index (κ3) is 5.68. The largest absolute Gasteiger partial charge is 0.494 e. The van der Waals surface area contributed by atoms with E-state index in [0.29, 0.717) is 13.0 Å². The lowest BCUT2D eigenvalue weighted by atomic mass is 10.1. The first-order valence-electron chi connectivity index (χ1n) is 6.30. The SMILES string of the molecule is CCOc1ccc(CCCC(=O)NN(C)C)cc1. The highest BCUT2D eigenvalue weighted by Crippen LogP contribution is 2.13. The van der Waals surface area contributed by atoms with Crippen molar-refractivity contribution in [3.63, 3.8) is 0 Å². The zero-order chi connectivity index (χ0) is 13.4. The van der Waals surface area contributed by atoms with E-state index in [-0.39, 0.29) is 5.91 Å². The van der Waals surface area contributed by atoms with Gasteiger partial charge < -0.3 is 4.74 Å². The van der Waals surface area contributed by atoms with Crippen LogP contribution in [0.5, 0.6) is 5.75 Å². The Kier molecular flexibility index (Phi) is 6.22. The number of carbonyl (C=O) groups is 1. The van der Waals surface area contributed by atoms with E-state index in [1.165, 1.54) is 5.56 Å². The van der Waals surface area contributed by atoms with Gasteiger partial charge in [0.2, 0.25) is 5.91 Å². The highest BCUT2D eigenvalue weighted by atomic mass is 16.5. The molecule has 4 heteroatoms. The van der Waals surface area contributed by atoms with E-state index in [9.17, 15) is 4.79 Å². The molecule has 0 aromatic heterocycles. The fourth-order valence-electron chi connectivity index (χ4n) is 1.68. The van der Waals surface area contributed by atoms with Crippen LogP contribution in [-0.2, 0) is 11.2 Å². The molecule has 1 aromatic rings. The Hall–Kier alpha value is -1.55. The lowest BCUT2D eigenvalue weighted by Gasteiger charge is -2.11. The van der Waals surface area contributed by atoms with Crippen LogP contribution in [0.3, 0.4) is 0 Å². The van der Waals surface area contributed by atoms with Gasteiger partial charge in [0.25, 0.3) is 0 Å². The number of benzene rings is 1. The van der Waals surface area contributed by atoms with Crippen molar-refractivity contribution in [2.45, 2.75) is 26.2 Å². The summed E-state index contributed by atoms with van der Waals surface area (Å²) in [6.45, 7) is 2.65. The number of nitrogens with zero attached hydrogens (tertiary/aromatic N) is 1. The summed E-state index contributed by atoms with van der Waals surface area (Å²) in [5, 5.41) is 1.67. The third-order valence-corrected chi connectivity index (χ3v) is 2.45. The Bertz CT molecular complexity index is 361. The zero-order valence-electron chi connectivity index (χ0n) is 11.4. The fourth-order valence-corrected chi connectivity index (χ4v) is 1.68. The molecule has 0 atom stereocenters. The maximum Gasteiger partial charge on any atom is 0.234 e.